The van der Waals surface area contributed by atoms with Crippen molar-refractivity contribution in [3.05, 3.63) is 29.3 Å². The van der Waals surface area contributed by atoms with Gasteiger partial charge in [0.05, 0.1) is 0 Å². The van der Waals surface area contributed by atoms with Gasteiger partial charge in [-0.3, -0.25) is 4.90 Å². The van der Waals surface area contributed by atoms with E-state index < -0.39 is 0 Å². The molecule has 0 bridgehead atoms. The third-order valence-corrected chi connectivity index (χ3v) is 4.90. The van der Waals surface area contributed by atoms with Crippen LogP contribution >= 0.6 is 0 Å². The van der Waals surface area contributed by atoms with Gasteiger partial charge in [0.1, 0.15) is 0 Å². The van der Waals surface area contributed by atoms with Crippen LogP contribution in [-0.2, 0) is 13.0 Å². The molecule has 3 heteroatoms. The van der Waals surface area contributed by atoms with Crippen molar-refractivity contribution in [3.8, 4) is 0 Å². The molecule has 0 aliphatic carbocycles. The van der Waals surface area contributed by atoms with Gasteiger partial charge in [0.2, 0.25) is 0 Å². The van der Waals surface area contributed by atoms with Gasteiger partial charge >= 0.3 is 0 Å². The smallest absolute Gasteiger partial charge is 0.0375 e. The van der Waals surface area contributed by atoms with Crippen molar-refractivity contribution in [3.63, 3.8) is 0 Å². The molecule has 0 amide bonds. The van der Waals surface area contributed by atoms with Gasteiger partial charge in [-0.1, -0.05) is 19.1 Å². The van der Waals surface area contributed by atoms with Crippen molar-refractivity contribution < 1.29 is 0 Å². The standard InChI is InChI=1S/C17H27N3/c1-13-10-20(12-17(13)19(2)3)11-14-6-4-8-16-15(14)7-5-9-18-16/h4,6,8,13,17-18H,5,7,9-12H2,1-3H3. The molecular weight excluding hydrogens is 246 g/mol. The fourth-order valence-electron chi connectivity index (χ4n) is 3.82. The highest BCUT2D eigenvalue weighted by atomic mass is 15.2. The van der Waals surface area contributed by atoms with Crippen LogP contribution in [0.4, 0.5) is 5.69 Å². The minimum Gasteiger partial charge on any atom is -0.385 e. The number of nitrogens with zero attached hydrogens (tertiary/aromatic N) is 2. The lowest BCUT2D eigenvalue weighted by Gasteiger charge is -2.24. The molecule has 110 valence electrons. The van der Waals surface area contributed by atoms with E-state index in [-0.39, 0.29) is 0 Å². The van der Waals surface area contributed by atoms with Crippen molar-refractivity contribution in [2.45, 2.75) is 32.4 Å². The van der Waals surface area contributed by atoms with Gasteiger partial charge in [-0.2, -0.15) is 0 Å². The van der Waals surface area contributed by atoms with E-state index in [2.05, 4.69) is 54.3 Å². The molecule has 1 aromatic rings. The van der Waals surface area contributed by atoms with Crippen LogP contribution < -0.4 is 5.32 Å². The molecule has 1 aromatic carbocycles. The number of rotatable bonds is 3. The molecule has 2 atom stereocenters. The normalized spacial score (nSPS) is 26.6. The summed E-state index contributed by atoms with van der Waals surface area (Å²) in [6.07, 6.45) is 2.50. The lowest BCUT2D eigenvalue weighted by Crippen LogP contribution is -2.34. The van der Waals surface area contributed by atoms with Crippen LogP contribution in [0.2, 0.25) is 0 Å². The summed E-state index contributed by atoms with van der Waals surface area (Å²) in [4.78, 5) is 5.01. The second-order valence-corrected chi connectivity index (χ2v) is 6.68. The molecule has 1 fully saturated rings. The van der Waals surface area contributed by atoms with E-state index >= 15 is 0 Å². The van der Waals surface area contributed by atoms with Crippen LogP contribution in [0.15, 0.2) is 18.2 Å². The molecule has 2 aliphatic rings. The van der Waals surface area contributed by atoms with Crippen molar-refractivity contribution in [2.24, 2.45) is 5.92 Å². The second kappa shape index (κ2) is 5.74. The molecule has 2 unspecified atom stereocenters. The molecule has 0 radical (unpaired) electrons. The maximum atomic E-state index is 3.54. The SMILES string of the molecule is CC1CN(Cc2cccc3c2CCCN3)CC1N(C)C. The third-order valence-electron chi connectivity index (χ3n) is 4.90. The summed E-state index contributed by atoms with van der Waals surface area (Å²) < 4.78 is 0. The predicted molar refractivity (Wildman–Crippen MR) is 85.2 cm³/mol. The minimum absolute atomic E-state index is 0.702. The van der Waals surface area contributed by atoms with Crippen molar-refractivity contribution in [1.82, 2.24) is 9.80 Å². The van der Waals surface area contributed by atoms with E-state index in [4.69, 9.17) is 0 Å². The predicted octanol–water partition coefficient (Wildman–Crippen LogP) is 2.43. The van der Waals surface area contributed by atoms with Gasteiger partial charge in [-0.05, 0) is 50.0 Å². The number of likely N-dealkylation sites (tertiary alicyclic amines) is 1. The lowest BCUT2D eigenvalue weighted by atomic mass is 9.97. The first-order valence-corrected chi connectivity index (χ1v) is 7.88. The van der Waals surface area contributed by atoms with Gasteiger partial charge < -0.3 is 10.2 Å². The molecule has 3 rings (SSSR count). The maximum Gasteiger partial charge on any atom is 0.0375 e. The molecule has 0 spiro atoms. The molecule has 2 heterocycles. The quantitative estimate of drug-likeness (QED) is 0.912. The van der Waals surface area contributed by atoms with E-state index in [0.717, 1.165) is 19.0 Å². The zero-order valence-electron chi connectivity index (χ0n) is 13.0. The summed E-state index contributed by atoms with van der Waals surface area (Å²) in [6, 6.07) is 7.45. The number of hydrogen-bond donors (Lipinski definition) is 1. The van der Waals surface area contributed by atoms with Crippen LogP contribution in [0.25, 0.3) is 0 Å². The number of hydrogen-bond acceptors (Lipinski definition) is 3. The summed E-state index contributed by atoms with van der Waals surface area (Å²) in [6.45, 7) is 7.04. The summed E-state index contributed by atoms with van der Waals surface area (Å²) in [5.74, 6) is 0.766. The van der Waals surface area contributed by atoms with Crippen LogP contribution in [0, 0.1) is 5.92 Å². The molecular formula is C17H27N3. The van der Waals surface area contributed by atoms with Crippen molar-refractivity contribution >= 4 is 5.69 Å². The number of fused-ring (bicyclic) bond motifs is 1. The maximum absolute atomic E-state index is 3.54. The van der Waals surface area contributed by atoms with Crippen LogP contribution in [0.3, 0.4) is 0 Å². The zero-order valence-corrected chi connectivity index (χ0v) is 13.0. The molecule has 1 N–H and O–H groups in total. The third kappa shape index (κ3) is 2.70. The van der Waals surface area contributed by atoms with Crippen LogP contribution in [-0.4, -0.2) is 49.6 Å². The monoisotopic (exact) mass is 273 g/mol. The minimum atomic E-state index is 0.702. The lowest BCUT2D eigenvalue weighted by molar-refractivity contribution is 0.250. The molecule has 3 nitrogen and oxygen atoms in total. The largest absolute Gasteiger partial charge is 0.385 e. The van der Waals surface area contributed by atoms with Crippen LogP contribution in [0.1, 0.15) is 24.5 Å². The highest BCUT2D eigenvalue weighted by Gasteiger charge is 2.31. The van der Waals surface area contributed by atoms with Crippen molar-refractivity contribution in [1.29, 1.82) is 0 Å². The number of benzene rings is 1. The Hall–Kier alpha value is -1.06. The average molecular weight is 273 g/mol. The molecule has 0 saturated carbocycles. The summed E-state index contributed by atoms with van der Waals surface area (Å²) >= 11 is 0. The topological polar surface area (TPSA) is 18.5 Å². The molecule has 20 heavy (non-hydrogen) atoms. The first-order valence-electron chi connectivity index (χ1n) is 7.88. The van der Waals surface area contributed by atoms with E-state index in [1.54, 1.807) is 5.56 Å². The summed E-state index contributed by atoms with van der Waals surface area (Å²) in [5.41, 5.74) is 4.45. The second-order valence-electron chi connectivity index (χ2n) is 6.68. The highest BCUT2D eigenvalue weighted by molar-refractivity contribution is 5.56. The van der Waals surface area contributed by atoms with Crippen LogP contribution in [0.5, 0.6) is 0 Å². The van der Waals surface area contributed by atoms with Gasteiger partial charge in [0, 0.05) is 37.9 Å². The Kier molecular flexibility index (Phi) is 3.99. The fourth-order valence-corrected chi connectivity index (χ4v) is 3.82. The molecule has 2 aliphatic heterocycles. The van der Waals surface area contributed by atoms with Gasteiger partial charge in [-0.15, -0.1) is 0 Å². The first kappa shape index (κ1) is 13.9. The Bertz CT molecular complexity index is 469. The Morgan fingerprint density at radius 1 is 1.30 bits per heavy atom. The Morgan fingerprint density at radius 2 is 2.15 bits per heavy atom. The number of likely N-dealkylation sites (N-methyl/N-ethyl adjacent to an activating group) is 1. The molecule has 1 saturated heterocycles. The Morgan fingerprint density at radius 3 is 2.90 bits per heavy atom. The highest BCUT2D eigenvalue weighted by Crippen LogP contribution is 2.28. The number of nitrogens with one attached hydrogen (secondary N) is 1. The summed E-state index contributed by atoms with van der Waals surface area (Å²) in [7, 11) is 4.41. The zero-order chi connectivity index (χ0) is 14.1. The van der Waals surface area contributed by atoms with Gasteiger partial charge in [0.15, 0.2) is 0 Å². The molecule has 0 aromatic heterocycles. The Labute approximate surface area is 123 Å². The van der Waals surface area contributed by atoms with Gasteiger partial charge in [-0.25, -0.2) is 0 Å². The summed E-state index contributed by atoms with van der Waals surface area (Å²) in [5, 5.41) is 3.54. The first-order chi connectivity index (χ1) is 9.65. The average Bonchev–Trinajstić information content (AvgIpc) is 2.80. The van der Waals surface area contributed by atoms with E-state index in [1.165, 1.54) is 37.2 Å². The van der Waals surface area contributed by atoms with Crippen molar-refractivity contribution in [2.75, 3.05) is 39.0 Å². The van der Waals surface area contributed by atoms with E-state index in [9.17, 15) is 0 Å². The van der Waals surface area contributed by atoms with E-state index in [1.807, 2.05) is 0 Å². The Balaban J connectivity index is 1.73. The van der Waals surface area contributed by atoms with Gasteiger partial charge in [0.25, 0.3) is 0 Å². The van der Waals surface area contributed by atoms with E-state index in [0.29, 0.717) is 6.04 Å². The fraction of sp³-hybridized carbons (Fsp3) is 0.647. The number of anilines is 1.